The van der Waals surface area contributed by atoms with E-state index in [1.54, 1.807) is 13.1 Å². The maximum absolute atomic E-state index is 13.7. The molecule has 5 nitrogen and oxygen atoms in total. The number of imidazole rings is 1. The van der Waals surface area contributed by atoms with Crippen LogP contribution in [0.3, 0.4) is 0 Å². The minimum absolute atomic E-state index is 0.00944. The Labute approximate surface area is 167 Å². The number of hydrogen-bond acceptors (Lipinski definition) is 3. The molecule has 2 aliphatic rings. The summed E-state index contributed by atoms with van der Waals surface area (Å²) in [6.45, 7) is 1.51. The smallest absolute Gasteiger partial charge is 0.321 e. The lowest BCUT2D eigenvalue weighted by Gasteiger charge is -2.38. The number of aromatic nitrogens is 3. The second-order valence-electron chi connectivity index (χ2n) is 9.00. The van der Waals surface area contributed by atoms with Crippen LogP contribution < -0.4 is 11.4 Å². The Bertz CT molecular complexity index is 1170. The van der Waals surface area contributed by atoms with E-state index in [0.29, 0.717) is 11.2 Å². The zero-order valence-corrected chi connectivity index (χ0v) is 16.6. The third-order valence-corrected chi connectivity index (χ3v) is 6.86. The maximum atomic E-state index is 13.7. The van der Waals surface area contributed by atoms with E-state index in [-0.39, 0.29) is 24.2 Å². The maximum Gasteiger partial charge on any atom is 0.330 e. The van der Waals surface area contributed by atoms with E-state index in [1.165, 1.54) is 16.1 Å². The normalized spacial score (nSPS) is 24.4. The third-order valence-electron chi connectivity index (χ3n) is 6.86. The van der Waals surface area contributed by atoms with Crippen LogP contribution >= 0.6 is 0 Å². The molecule has 2 N–H and O–H groups in total. The highest BCUT2D eigenvalue weighted by molar-refractivity contribution is 5.76. The molecule has 3 aromatic rings. The van der Waals surface area contributed by atoms with Gasteiger partial charge >= 0.3 is 5.69 Å². The van der Waals surface area contributed by atoms with Crippen LogP contribution in [0.15, 0.2) is 41.2 Å². The van der Waals surface area contributed by atoms with Gasteiger partial charge in [0.1, 0.15) is 0 Å². The van der Waals surface area contributed by atoms with E-state index in [9.17, 15) is 13.6 Å². The molecule has 2 heterocycles. The molecule has 1 unspecified atom stereocenters. The van der Waals surface area contributed by atoms with Crippen LogP contribution in [0.2, 0.25) is 0 Å². The van der Waals surface area contributed by atoms with Crippen molar-refractivity contribution in [2.24, 2.45) is 18.2 Å². The van der Waals surface area contributed by atoms with E-state index < -0.39 is 11.3 Å². The van der Waals surface area contributed by atoms with Gasteiger partial charge in [0.2, 0.25) is 0 Å². The van der Waals surface area contributed by atoms with E-state index in [2.05, 4.69) is 4.98 Å². The van der Waals surface area contributed by atoms with Crippen molar-refractivity contribution < 1.29 is 8.78 Å². The fourth-order valence-corrected chi connectivity index (χ4v) is 4.37. The van der Waals surface area contributed by atoms with Crippen molar-refractivity contribution in [3.05, 3.63) is 52.4 Å². The molecule has 152 valence electrons. The number of hydrogen-bond donors (Lipinski definition) is 1. The molecule has 2 aliphatic carbocycles. The molecule has 29 heavy (non-hydrogen) atoms. The van der Waals surface area contributed by atoms with E-state index >= 15 is 0 Å². The Hall–Kier alpha value is -2.54. The van der Waals surface area contributed by atoms with Gasteiger partial charge in [0.05, 0.1) is 16.6 Å². The Morgan fingerprint density at radius 1 is 1.14 bits per heavy atom. The minimum atomic E-state index is -2.72. The standard InChI is InChI=1S/C22H24F2N4O/c1-20(12-22(20,23)24)13-28-17-9-8-16(26-18(17)27(2)19(28)29)14-4-6-15(7-5-14)21(25)10-3-11-21/h4-9H,3,10-13,25H2,1-2H3. The largest absolute Gasteiger partial charge is 0.330 e. The molecule has 1 atom stereocenters. The first-order valence-electron chi connectivity index (χ1n) is 9.98. The summed E-state index contributed by atoms with van der Waals surface area (Å²) in [5.41, 5.74) is 8.57. The third kappa shape index (κ3) is 2.67. The molecule has 5 rings (SSSR count). The van der Waals surface area contributed by atoms with Gasteiger partial charge in [0.25, 0.3) is 5.92 Å². The van der Waals surface area contributed by atoms with Crippen LogP contribution in [0.25, 0.3) is 22.4 Å². The molecule has 1 aromatic carbocycles. The SMILES string of the molecule is Cn1c(=O)n(CC2(C)CC2(F)F)c2ccc(-c3ccc(C4(N)CCC4)cc3)nc21. The van der Waals surface area contributed by atoms with Crippen LogP contribution in [0.4, 0.5) is 8.78 Å². The molecule has 2 aromatic heterocycles. The highest BCUT2D eigenvalue weighted by atomic mass is 19.3. The Balaban J connectivity index is 1.51. The molecule has 0 spiro atoms. The molecule has 0 bridgehead atoms. The zero-order chi connectivity index (χ0) is 20.6. The van der Waals surface area contributed by atoms with Gasteiger partial charge in [-0.25, -0.2) is 18.6 Å². The Kier molecular flexibility index (Phi) is 3.67. The summed E-state index contributed by atoms with van der Waals surface area (Å²) in [5.74, 6) is -2.72. The van der Waals surface area contributed by atoms with E-state index in [0.717, 1.165) is 36.1 Å². The number of nitrogens with two attached hydrogens (primary N) is 1. The van der Waals surface area contributed by atoms with Crippen molar-refractivity contribution in [1.82, 2.24) is 14.1 Å². The van der Waals surface area contributed by atoms with Crippen molar-refractivity contribution in [2.75, 3.05) is 0 Å². The van der Waals surface area contributed by atoms with Gasteiger partial charge in [-0.3, -0.25) is 9.13 Å². The Morgan fingerprint density at radius 2 is 1.79 bits per heavy atom. The molecule has 2 saturated carbocycles. The monoisotopic (exact) mass is 398 g/mol. The number of pyridine rings is 1. The number of rotatable bonds is 4. The van der Waals surface area contributed by atoms with E-state index in [1.807, 2.05) is 30.3 Å². The number of nitrogens with zero attached hydrogens (tertiary/aromatic N) is 3. The average molecular weight is 398 g/mol. The van der Waals surface area contributed by atoms with Gasteiger partial charge in [-0.15, -0.1) is 0 Å². The number of fused-ring (bicyclic) bond motifs is 1. The van der Waals surface area contributed by atoms with Crippen LogP contribution in [-0.2, 0) is 19.1 Å². The molecular weight excluding hydrogens is 374 g/mol. The molecule has 0 aliphatic heterocycles. The van der Waals surface area contributed by atoms with Crippen LogP contribution in [0.5, 0.6) is 0 Å². The summed E-state index contributed by atoms with van der Waals surface area (Å²) in [4.78, 5) is 17.3. The highest BCUT2D eigenvalue weighted by Gasteiger charge is 2.68. The summed E-state index contributed by atoms with van der Waals surface area (Å²) in [5, 5.41) is 0. The second-order valence-corrected chi connectivity index (χ2v) is 9.00. The lowest BCUT2D eigenvalue weighted by atomic mass is 9.72. The number of aryl methyl sites for hydroxylation is 1. The fraction of sp³-hybridized carbons (Fsp3) is 0.455. The molecule has 0 saturated heterocycles. The lowest BCUT2D eigenvalue weighted by molar-refractivity contribution is 0.0637. The van der Waals surface area contributed by atoms with Crippen molar-refractivity contribution >= 4 is 11.2 Å². The molecule has 7 heteroatoms. The van der Waals surface area contributed by atoms with Crippen molar-refractivity contribution in [3.63, 3.8) is 0 Å². The molecule has 0 amide bonds. The van der Waals surface area contributed by atoms with Crippen LogP contribution in [-0.4, -0.2) is 20.0 Å². The van der Waals surface area contributed by atoms with Gasteiger partial charge in [-0.1, -0.05) is 31.2 Å². The predicted octanol–water partition coefficient (Wildman–Crippen LogP) is 3.79. The highest BCUT2D eigenvalue weighted by Crippen LogP contribution is 2.61. The zero-order valence-electron chi connectivity index (χ0n) is 16.6. The van der Waals surface area contributed by atoms with Gasteiger partial charge in [-0.2, -0.15) is 0 Å². The van der Waals surface area contributed by atoms with Crippen molar-refractivity contribution in [1.29, 1.82) is 0 Å². The number of halogens is 2. The van der Waals surface area contributed by atoms with Crippen LogP contribution in [0.1, 0.15) is 38.2 Å². The summed E-state index contributed by atoms with van der Waals surface area (Å²) in [7, 11) is 1.63. The minimum Gasteiger partial charge on any atom is -0.321 e. The summed E-state index contributed by atoms with van der Waals surface area (Å²) in [6.07, 6.45) is 2.98. The quantitative estimate of drug-likeness (QED) is 0.727. The first kappa shape index (κ1) is 18.5. The van der Waals surface area contributed by atoms with Gasteiger partial charge < -0.3 is 5.73 Å². The number of benzene rings is 1. The van der Waals surface area contributed by atoms with Crippen molar-refractivity contribution in [2.45, 2.75) is 50.6 Å². The first-order chi connectivity index (χ1) is 13.6. The average Bonchev–Trinajstić information content (AvgIpc) is 3.10. The molecule has 2 fully saturated rings. The topological polar surface area (TPSA) is 65.8 Å². The number of alkyl halides is 2. The summed E-state index contributed by atoms with van der Waals surface area (Å²) in [6, 6.07) is 11.7. The van der Waals surface area contributed by atoms with Gasteiger partial charge in [0, 0.05) is 31.1 Å². The van der Waals surface area contributed by atoms with Crippen molar-refractivity contribution in [3.8, 4) is 11.3 Å². The second kappa shape index (κ2) is 5.75. The first-order valence-corrected chi connectivity index (χ1v) is 9.98. The summed E-state index contributed by atoms with van der Waals surface area (Å²) < 4.78 is 30.2. The molecular formula is C22H24F2N4O. The summed E-state index contributed by atoms with van der Waals surface area (Å²) >= 11 is 0. The lowest BCUT2D eigenvalue weighted by Crippen LogP contribution is -2.43. The Morgan fingerprint density at radius 3 is 2.34 bits per heavy atom. The predicted molar refractivity (Wildman–Crippen MR) is 108 cm³/mol. The fourth-order valence-electron chi connectivity index (χ4n) is 4.37. The van der Waals surface area contributed by atoms with Crippen LogP contribution in [0, 0.1) is 5.41 Å². The van der Waals surface area contributed by atoms with E-state index in [4.69, 9.17) is 5.73 Å². The van der Waals surface area contributed by atoms with Gasteiger partial charge in [-0.05, 0) is 37.0 Å². The molecule has 0 radical (unpaired) electrons. The van der Waals surface area contributed by atoms with Gasteiger partial charge in [0.15, 0.2) is 5.65 Å².